The number of hydrogen-bond acceptors (Lipinski definition) is 6. The normalized spacial score (nSPS) is 15.3. The van der Waals surface area contributed by atoms with E-state index in [0.29, 0.717) is 43.7 Å². The minimum Gasteiger partial charge on any atom is -0.494 e. The highest BCUT2D eigenvalue weighted by atomic mass is 16.5. The Labute approximate surface area is 196 Å². The molecule has 0 bridgehead atoms. The number of ether oxygens (including phenoxy) is 2. The molecule has 2 rings (SSSR count). The number of nitrogens with one attached hydrogen (secondary N) is 2. The van der Waals surface area contributed by atoms with Gasteiger partial charge in [-0.1, -0.05) is 12.7 Å². The summed E-state index contributed by atoms with van der Waals surface area (Å²) in [7, 11) is 2.07. The average Bonchev–Trinajstić information content (AvgIpc) is 2.82. The van der Waals surface area contributed by atoms with E-state index in [-0.39, 0.29) is 24.3 Å². The first-order chi connectivity index (χ1) is 15.9. The maximum Gasteiger partial charge on any atom is 0.328 e. The number of nitrogens with zero attached hydrogens (tertiary/aromatic N) is 1. The number of amides is 2. The smallest absolute Gasteiger partial charge is 0.328 e. The van der Waals surface area contributed by atoms with Crippen molar-refractivity contribution >= 4 is 17.8 Å². The van der Waals surface area contributed by atoms with Crippen LogP contribution in [0, 0.1) is 5.92 Å². The second-order valence-corrected chi connectivity index (χ2v) is 8.27. The molecule has 0 saturated carbocycles. The number of esters is 1. The average molecular weight is 460 g/mol. The highest BCUT2D eigenvalue weighted by Crippen LogP contribution is 2.16. The van der Waals surface area contributed by atoms with Crippen molar-refractivity contribution in [2.24, 2.45) is 5.92 Å². The number of carbonyl (C=O) groups is 3. The molecule has 2 N–H and O–H groups in total. The van der Waals surface area contributed by atoms with E-state index in [1.54, 1.807) is 24.3 Å². The lowest BCUT2D eigenvalue weighted by atomic mass is 9.96. The molecule has 1 aromatic carbocycles. The molecule has 1 aromatic rings. The van der Waals surface area contributed by atoms with Gasteiger partial charge in [0.05, 0.1) is 6.61 Å². The molecule has 0 spiro atoms. The number of hydrogen-bond donors (Lipinski definition) is 2. The van der Waals surface area contributed by atoms with Gasteiger partial charge in [0.25, 0.3) is 5.91 Å². The Balaban J connectivity index is 1.81. The van der Waals surface area contributed by atoms with Crippen molar-refractivity contribution in [2.75, 3.05) is 39.9 Å². The molecule has 1 saturated heterocycles. The van der Waals surface area contributed by atoms with Crippen LogP contribution < -0.4 is 15.4 Å². The van der Waals surface area contributed by atoms with Crippen molar-refractivity contribution in [2.45, 2.75) is 45.1 Å². The lowest BCUT2D eigenvalue weighted by Gasteiger charge is -2.28. The first-order valence-electron chi connectivity index (χ1n) is 11.7. The highest BCUT2D eigenvalue weighted by molar-refractivity contribution is 5.96. The van der Waals surface area contributed by atoms with Crippen molar-refractivity contribution < 1.29 is 23.9 Å². The molecule has 1 heterocycles. The fourth-order valence-corrected chi connectivity index (χ4v) is 3.70. The molecule has 2 amide bonds. The molecule has 182 valence electrons. The second kappa shape index (κ2) is 14.3. The van der Waals surface area contributed by atoms with Crippen LogP contribution in [-0.2, 0) is 14.3 Å². The van der Waals surface area contributed by atoms with Gasteiger partial charge < -0.3 is 25.0 Å². The molecule has 0 aromatic heterocycles. The fraction of sp³-hybridized carbons (Fsp3) is 0.560. The van der Waals surface area contributed by atoms with Crippen LogP contribution in [0.5, 0.6) is 5.75 Å². The Morgan fingerprint density at radius 3 is 2.52 bits per heavy atom. The molecule has 8 nitrogen and oxygen atoms in total. The van der Waals surface area contributed by atoms with Gasteiger partial charge >= 0.3 is 5.97 Å². The van der Waals surface area contributed by atoms with Gasteiger partial charge in [-0.25, -0.2) is 4.79 Å². The maximum atomic E-state index is 12.6. The van der Waals surface area contributed by atoms with E-state index in [0.717, 1.165) is 25.9 Å². The first kappa shape index (κ1) is 26.4. The van der Waals surface area contributed by atoms with Crippen LogP contribution in [0.4, 0.5) is 0 Å². The number of likely N-dealkylation sites (tertiary alicyclic amines) is 1. The van der Waals surface area contributed by atoms with Crippen LogP contribution in [0.2, 0.25) is 0 Å². The van der Waals surface area contributed by atoms with Crippen LogP contribution in [0.3, 0.4) is 0 Å². The minimum atomic E-state index is -0.770. The predicted molar refractivity (Wildman–Crippen MR) is 127 cm³/mol. The van der Waals surface area contributed by atoms with E-state index in [4.69, 9.17) is 9.47 Å². The summed E-state index contributed by atoms with van der Waals surface area (Å²) in [5.74, 6) is 0.0158. The lowest BCUT2D eigenvalue weighted by Crippen LogP contribution is -2.42. The molecule has 8 heteroatoms. The zero-order valence-corrected chi connectivity index (χ0v) is 19.8. The molecule has 1 atom stereocenters. The summed E-state index contributed by atoms with van der Waals surface area (Å²) in [6.45, 7) is 8.50. The Morgan fingerprint density at radius 1 is 1.18 bits per heavy atom. The number of piperidine rings is 1. The monoisotopic (exact) mass is 459 g/mol. The van der Waals surface area contributed by atoms with Crippen molar-refractivity contribution in [1.29, 1.82) is 0 Å². The zero-order chi connectivity index (χ0) is 24.1. The van der Waals surface area contributed by atoms with E-state index in [1.807, 2.05) is 6.92 Å². The first-order valence-corrected chi connectivity index (χ1v) is 11.7. The van der Waals surface area contributed by atoms with Crippen molar-refractivity contribution in [1.82, 2.24) is 15.5 Å². The summed E-state index contributed by atoms with van der Waals surface area (Å²) in [6, 6.07) is 5.98. The van der Waals surface area contributed by atoms with Gasteiger partial charge in [0.15, 0.2) is 0 Å². The van der Waals surface area contributed by atoms with E-state index >= 15 is 0 Å². The third-order valence-corrected chi connectivity index (χ3v) is 5.67. The molecular weight excluding hydrogens is 422 g/mol. The van der Waals surface area contributed by atoms with Gasteiger partial charge in [-0.05, 0) is 83.4 Å². The van der Waals surface area contributed by atoms with E-state index < -0.39 is 12.0 Å². The summed E-state index contributed by atoms with van der Waals surface area (Å²) < 4.78 is 10.6. The Morgan fingerprint density at radius 2 is 1.88 bits per heavy atom. The van der Waals surface area contributed by atoms with Crippen LogP contribution in [0.1, 0.15) is 49.4 Å². The van der Waals surface area contributed by atoms with E-state index in [1.165, 1.54) is 6.08 Å². The summed E-state index contributed by atoms with van der Waals surface area (Å²) in [4.78, 5) is 39.6. The number of carbonyl (C=O) groups excluding carboxylic acids is 3. The van der Waals surface area contributed by atoms with E-state index in [9.17, 15) is 14.4 Å². The predicted octanol–water partition coefficient (Wildman–Crippen LogP) is 2.54. The molecule has 1 fully saturated rings. The van der Waals surface area contributed by atoms with Gasteiger partial charge in [0, 0.05) is 18.0 Å². The number of benzene rings is 1. The van der Waals surface area contributed by atoms with Gasteiger partial charge in [0.1, 0.15) is 18.4 Å². The van der Waals surface area contributed by atoms with Crippen LogP contribution in [-0.4, -0.2) is 68.6 Å². The lowest BCUT2D eigenvalue weighted by molar-refractivity contribution is -0.144. The fourth-order valence-electron chi connectivity index (χ4n) is 3.70. The molecule has 0 aliphatic carbocycles. The SMILES string of the molecule is C=CCOC(=O)C(CCCCNC(=O)C1CCN(C)CC1)NC(=O)c1ccc(OCC)cc1. The van der Waals surface area contributed by atoms with Gasteiger partial charge in [-0.3, -0.25) is 9.59 Å². The summed E-state index contributed by atoms with van der Waals surface area (Å²) >= 11 is 0. The van der Waals surface area contributed by atoms with Crippen LogP contribution in [0.15, 0.2) is 36.9 Å². The third kappa shape index (κ3) is 9.26. The van der Waals surface area contributed by atoms with Crippen molar-refractivity contribution in [3.05, 3.63) is 42.5 Å². The number of unbranched alkanes of at least 4 members (excludes halogenated alkanes) is 1. The van der Waals surface area contributed by atoms with Gasteiger partial charge in [-0.2, -0.15) is 0 Å². The Bertz CT molecular complexity index is 773. The van der Waals surface area contributed by atoms with Crippen LogP contribution in [0.25, 0.3) is 0 Å². The van der Waals surface area contributed by atoms with Gasteiger partial charge in [0.2, 0.25) is 5.91 Å². The zero-order valence-electron chi connectivity index (χ0n) is 19.8. The summed E-state index contributed by atoms with van der Waals surface area (Å²) in [5.41, 5.74) is 0.436. The standard InChI is InChI=1S/C25H37N3O5/c1-4-18-33-25(31)22(27-24(30)19-9-11-21(12-10-19)32-5-2)8-6-7-15-26-23(29)20-13-16-28(3)17-14-20/h4,9-12,20,22H,1,5-8,13-18H2,2-3H3,(H,26,29)(H,27,30). The Hall–Kier alpha value is -2.87. The largest absolute Gasteiger partial charge is 0.494 e. The topological polar surface area (TPSA) is 97.0 Å². The van der Waals surface area contributed by atoms with Gasteiger partial charge in [-0.15, -0.1) is 0 Å². The second-order valence-electron chi connectivity index (χ2n) is 8.27. The molecular formula is C25H37N3O5. The van der Waals surface area contributed by atoms with Crippen molar-refractivity contribution in [3.8, 4) is 5.75 Å². The maximum absolute atomic E-state index is 12.6. The molecule has 1 aliphatic heterocycles. The number of rotatable bonds is 13. The minimum absolute atomic E-state index is 0.0798. The third-order valence-electron chi connectivity index (χ3n) is 5.67. The summed E-state index contributed by atoms with van der Waals surface area (Å²) in [5, 5.41) is 5.77. The molecule has 1 unspecified atom stereocenters. The molecule has 1 aliphatic rings. The van der Waals surface area contributed by atoms with Crippen molar-refractivity contribution in [3.63, 3.8) is 0 Å². The molecule has 33 heavy (non-hydrogen) atoms. The highest BCUT2D eigenvalue weighted by Gasteiger charge is 2.24. The van der Waals surface area contributed by atoms with Crippen LogP contribution >= 0.6 is 0 Å². The Kier molecular flexibility index (Phi) is 11.4. The van der Waals surface area contributed by atoms with E-state index in [2.05, 4.69) is 29.2 Å². The summed E-state index contributed by atoms with van der Waals surface area (Å²) in [6.07, 6.45) is 5.05. The molecule has 0 radical (unpaired) electrons. The quantitative estimate of drug-likeness (QED) is 0.267.